The summed E-state index contributed by atoms with van der Waals surface area (Å²) in [4.78, 5) is 40.9. The van der Waals surface area contributed by atoms with Gasteiger partial charge >= 0.3 is 26.2 Å². The van der Waals surface area contributed by atoms with Crippen molar-refractivity contribution in [3.63, 3.8) is 0 Å². The molecule has 9 nitrogen and oxygen atoms in total. The molecule has 0 aliphatic carbocycles. The molecule has 0 rings (SSSR count). The van der Waals surface area contributed by atoms with Gasteiger partial charge in [-0.2, -0.15) is 0 Å². The number of aliphatic hydroxyl groups excluding tert-OH is 1. The van der Waals surface area contributed by atoms with Crippen LogP contribution in [0.25, 0.3) is 0 Å². The van der Waals surface area contributed by atoms with Crippen molar-refractivity contribution in [2.45, 2.75) is 458 Å². The predicted molar refractivity (Wildman–Crippen MR) is 360 cm³/mol. The Kier molecular flexibility index (Phi) is 106. The van der Waals surface area contributed by atoms with E-state index in [9.17, 15) is 39.6 Å². The van der Waals surface area contributed by atoms with Gasteiger partial charge in [-0.3, -0.25) is 0 Å². The van der Waals surface area contributed by atoms with Crippen LogP contribution in [0.3, 0.4) is 0 Å². The van der Waals surface area contributed by atoms with E-state index in [4.69, 9.17) is 5.11 Å². The van der Waals surface area contributed by atoms with E-state index in [0.717, 1.165) is 64.2 Å². The summed E-state index contributed by atoms with van der Waals surface area (Å²) in [5.74, 6) is -3.61. The number of carbonyl (C=O) groups excluding carboxylic acids is 4. The Morgan fingerprint density at radius 2 is 0.279 bits per heavy atom. The molecule has 1 N–H and O–H groups in total. The molecule has 0 bridgehead atoms. The van der Waals surface area contributed by atoms with Crippen LogP contribution < -0.4 is 20.4 Å². The molecule has 0 amide bonds. The Hall–Kier alpha value is -1.28. The second-order valence-corrected chi connectivity index (χ2v) is 25.4. The fourth-order valence-electron chi connectivity index (χ4n) is 10.7. The average Bonchev–Trinajstić information content (AvgIpc) is 3.48. The van der Waals surface area contributed by atoms with Gasteiger partial charge in [-0.25, -0.2) is 0 Å². The molecule has 0 saturated heterocycles. The second kappa shape index (κ2) is 94.8. The molecule has 0 aliphatic heterocycles. The van der Waals surface area contributed by atoms with Crippen LogP contribution in [0.15, 0.2) is 0 Å². The van der Waals surface area contributed by atoms with Gasteiger partial charge in [0.25, 0.3) is 0 Å². The number of carboxylic acids is 4. The maximum Gasteiger partial charge on any atom is 4.00 e. The van der Waals surface area contributed by atoms with E-state index in [2.05, 4.69) is 34.6 Å². The number of unbranched alkanes of at least 4 members (excludes halogenated alkanes) is 57. The van der Waals surface area contributed by atoms with Crippen LogP contribution in [-0.4, -0.2) is 35.6 Å². The normalized spacial score (nSPS) is 10.6. The van der Waals surface area contributed by atoms with Crippen LogP contribution in [-0.2, 0) is 45.4 Å². The minimum Gasteiger partial charge on any atom is -0.550 e. The number of carbonyl (C=O) groups is 4. The zero-order chi connectivity index (χ0) is 63.7. The van der Waals surface area contributed by atoms with Gasteiger partial charge in [-0.1, -0.05) is 401 Å². The molecule has 0 aromatic rings. The summed E-state index contributed by atoms with van der Waals surface area (Å²) in [7, 11) is 0. The van der Waals surface area contributed by atoms with Gasteiger partial charge in [0.05, 0.1) is 0 Å². The van der Waals surface area contributed by atoms with Crippen LogP contribution >= 0.6 is 0 Å². The molecule has 0 aliphatic rings. The SMILES string of the molecule is CCCCCCCCCCCCCCCCCC(=O)[O-].CCCCCCCCCCCCCCCCCC(=O)[O-].CCCCCCCCCCCCCCCCCC(=O)[O-].CCCCCCCCCCCCCCCCCC(=O)[O-].CCCCO.[Zr+4]. The van der Waals surface area contributed by atoms with Gasteiger partial charge in [0, 0.05) is 30.5 Å². The quantitative estimate of drug-likeness (QED) is 0.0580. The Morgan fingerprint density at radius 3 is 0.349 bits per heavy atom. The van der Waals surface area contributed by atoms with Crippen molar-refractivity contribution in [3.05, 3.63) is 0 Å². The van der Waals surface area contributed by atoms with Crippen molar-refractivity contribution in [1.82, 2.24) is 0 Å². The molecule has 0 fully saturated rings. The number of hydrogen-bond acceptors (Lipinski definition) is 9. The third kappa shape index (κ3) is 117. The summed E-state index contributed by atoms with van der Waals surface area (Å²) in [6.07, 6.45) is 81.5. The Balaban J connectivity index is -0.000000240. The van der Waals surface area contributed by atoms with Gasteiger partial charge in [0.15, 0.2) is 0 Å². The summed E-state index contributed by atoms with van der Waals surface area (Å²) in [6, 6.07) is 0. The second-order valence-electron chi connectivity index (χ2n) is 25.4. The van der Waals surface area contributed by atoms with E-state index in [0.29, 0.717) is 6.61 Å². The molecule has 0 saturated carbocycles. The molecule has 0 atom stereocenters. The van der Waals surface area contributed by atoms with Crippen LogP contribution in [0.2, 0.25) is 0 Å². The summed E-state index contributed by atoms with van der Waals surface area (Å²) >= 11 is 0. The van der Waals surface area contributed by atoms with E-state index in [-0.39, 0.29) is 51.9 Å². The van der Waals surface area contributed by atoms with Gasteiger partial charge in [0.1, 0.15) is 0 Å². The number of aliphatic hydroxyl groups is 1. The molecule has 0 aromatic carbocycles. The maximum atomic E-state index is 10.2. The van der Waals surface area contributed by atoms with Crippen molar-refractivity contribution < 1.29 is 70.9 Å². The van der Waals surface area contributed by atoms with Gasteiger partial charge in [0.2, 0.25) is 0 Å². The first-order valence-electron chi connectivity index (χ1n) is 37.9. The largest absolute Gasteiger partial charge is 4.00 e. The predicted octanol–water partition coefficient (Wildman–Crippen LogP) is 20.8. The minimum atomic E-state index is -0.903. The van der Waals surface area contributed by atoms with E-state index in [1.165, 1.54) is 334 Å². The molecule has 512 valence electrons. The number of rotatable bonds is 66. The van der Waals surface area contributed by atoms with Gasteiger partial charge in [-0.05, 0) is 57.8 Å². The maximum absolute atomic E-state index is 10.2. The van der Waals surface area contributed by atoms with E-state index in [1.807, 2.05) is 0 Å². The fourth-order valence-corrected chi connectivity index (χ4v) is 10.7. The van der Waals surface area contributed by atoms with Crippen molar-refractivity contribution >= 4 is 23.9 Å². The van der Waals surface area contributed by atoms with Crippen LogP contribution in [0.1, 0.15) is 458 Å². The van der Waals surface area contributed by atoms with Crippen molar-refractivity contribution in [2.24, 2.45) is 0 Å². The molecule has 10 heteroatoms. The summed E-state index contributed by atoms with van der Waals surface area (Å²) in [5, 5.41) is 49.0. The van der Waals surface area contributed by atoms with Crippen molar-refractivity contribution in [2.75, 3.05) is 6.61 Å². The molecule has 0 spiro atoms. The first-order valence-corrected chi connectivity index (χ1v) is 37.9. The molecule has 0 aromatic heterocycles. The van der Waals surface area contributed by atoms with E-state index in [1.54, 1.807) is 0 Å². The van der Waals surface area contributed by atoms with Crippen molar-refractivity contribution in [1.29, 1.82) is 0 Å². The fraction of sp³-hybridized carbons (Fsp3) is 0.947. The van der Waals surface area contributed by atoms with Gasteiger partial charge in [-0.15, -0.1) is 0 Å². The molecule has 86 heavy (non-hydrogen) atoms. The topological polar surface area (TPSA) is 181 Å². The van der Waals surface area contributed by atoms with Crippen LogP contribution in [0.5, 0.6) is 0 Å². The molecular weight excluding hydrogens is 1150 g/mol. The molecule has 0 radical (unpaired) electrons. The molecular formula is C76H150O9Zr. The summed E-state index contributed by atoms with van der Waals surface area (Å²) in [5.41, 5.74) is 0. The third-order valence-electron chi connectivity index (χ3n) is 16.4. The molecule has 0 unspecified atom stereocenters. The Labute approximate surface area is 556 Å². The average molecular weight is 1300 g/mol. The summed E-state index contributed by atoms with van der Waals surface area (Å²) in [6.45, 7) is 11.5. The first kappa shape index (κ1) is 95.8. The zero-order valence-electron chi connectivity index (χ0n) is 58.6. The Morgan fingerprint density at radius 1 is 0.186 bits per heavy atom. The van der Waals surface area contributed by atoms with Gasteiger partial charge < -0.3 is 44.7 Å². The van der Waals surface area contributed by atoms with E-state index < -0.39 is 23.9 Å². The van der Waals surface area contributed by atoms with Crippen molar-refractivity contribution in [3.8, 4) is 0 Å². The number of aliphatic carboxylic acids is 4. The monoisotopic (exact) mass is 1300 g/mol. The minimum absolute atomic E-state index is 0. The van der Waals surface area contributed by atoms with E-state index >= 15 is 0 Å². The first-order chi connectivity index (χ1) is 41.5. The smallest absolute Gasteiger partial charge is 0.550 e. The molecule has 0 heterocycles. The number of carboxylic acid groups (broad SMARTS) is 4. The summed E-state index contributed by atoms with van der Waals surface area (Å²) < 4.78 is 0. The van der Waals surface area contributed by atoms with Crippen LogP contribution in [0, 0.1) is 0 Å². The third-order valence-corrected chi connectivity index (χ3v) is 16.4. The Bertz CT molecular complexity index is 1040. The number of hydrogen-bond donors (Lipinski definition) is 1. The standard InChI is InChI=1S/4C18H36O2.C4H10O.Zr/c4*1-2-3-4-5-6-7-8-9-10-11-12-13-14-15-16-17-18(19)20;1-2-3-4-5;/h4*2-17H2,1H3,(H,19,20);5H,2-4H2,1H3;/q;;;;;+4/p-4. The van der Waals surface area contributed by atoms with Crippen LogP contribution in [0.4, 0.5) is 0 Å². The zero-order valence-corrected chi connectivity index (χ0v) is 61.0.